The van der Waals surface area contributed by atoms with Crippen molar-refractivity contribution in [2.75, 3.05) is 19.7 Å². The molecular weight excluding hydrogens is 408 g/mol. The lowest BCUT2D eigenvalue weighted by molar-refractivity contribution is -0.142. The number of likely N-dealkylation sites (tertiary alicyclic amines) is 1. The van der Waals surface area contributed by atoms with Gasteiger partial charge in [0, 0.05) is 32.5 Å². The number of fused-ring (bicyclic) bond motifs is 1. The fraction of sp³-hybridized carbons (Fsp3) is 0.750. The molecule has 1 aliphatic carbocycles. The SMILES string of the molecule is O=C(CC1CCCCC1)N1CCc2nc([C@H]3CCCN3C(=O)[C@@H]3CCCO3)[nH]c(=O)c2C1. The number of ether oxygens (including phenoxy) is 1. The third-order valence-corrected chi connectivity index (χ3v) is 7.68. The Kier molecular flexibility index (Phi) is 6.31. The number of carbonyl (C=O) groups excluding carboxylic acids is 2. The van der Waals surface area contributed by atoms with E-state index in [0.29, 0.717) is 56.4 Å². The molecule has 0 unspecified atom stereocenters. The second-order valence-corrected chi connectivity index (χ2v) is 9.84. The summed E-state index contributed by atoms with van der Waals surface area (Å²) in [5, 5.41) is 0. The Morgan fingerprint density at radius 1 is 1.03 bits per heavy atom. The molecule has 2 atom stereocenters. The van der Waals surface area contributed by atoms with Crippen LogP contribution in [0.3, 0.4) is 0 Å². The third kappa shape index (κ3) is 4.34. The van der Waals surface area contributed by atoms with Crippen LogP contribution in [0.5, 0.6) is 0 Å². The maximum Gasteiger partial charge on any atom is 0.256 e. The molecule has 8 nitrogen and oxygen atoms in total. The highest BCUT2D eigenvalue weighted by Gasteiger charge is 2.37. The Morgan fingerprint density at radius 2 is 1.88 bits per heavy atom. The molecule has 2 amide bonds. The summed E-state index contributed by atoms with van der Waals surface area (Å²) in [5.41, 5.74) is 1.21. The minimum atomic E-state index is -0.358. The van der Waals surface area contributed by atoms with Crippen LogP contribution in [0, 0.1) is 5.92 Å². The van der Waals surface area contributed by atoms with E-state index < -0.39 is 0 Å². The lowest BCUT2D eigenvalue weighted by Gasteiger charge is -2.31. The predicted molar refractivity (Wildman–Crippen MR) is 118 cm³/mol. The summed E-state index contributed by atoms with van der Waals surface area (Å²) < 4.78 is 5.59. The second-order valence-electron chi connectivity index (χ2n) is 9.84. The van der Waals surface area contributed by atoms with E-state index in [9.17, 15) is 14.4 Å². The van der Waals surface area contributed by atoms with E-state index in [-0.39, 0.29) is 29.5 Å². The van der Waals surface area contributed by atoms with Crippen molar-refractivity contribution < 1.29 is 14.3 Å². The molecule has 3 fully saturated rings. The molecule has 5 rings (SSSR count). The standard InChI is InChI=1S/C24H34N4O4/c29-21(14-16-6-2-1-3-7-16)27-12-10-18-17(15-27)23(30)26-22(25-18)19-8-4-11-28(19)24(31)20-9-5-13-32-20/h16,19-20H,1-15H2,(H,25,26,30)/t19-,20+/m1/s1. The highest BCUT2D eigenvalue weighted by molar-refractivity contribution is 5.81. The molecule has 32 heavy (non-hydrogen) atoms. The summed E-state index contributed by atoms with van der Waals surface area (Å²) in [6, 6.07) is -0.198. The van der Waals surface area contributed by atoms with Gasteiger partial charge in [-0.15, -0.1) is 0 Å². The molecule has 0 radical (unpaired) electrons. The third-order valence-electron chi connectivity index (χ3n) is 7.68. The minimum Gasteiger partial charge on any atom is -0.368 e. The molecule has 4 aliphatic rings. The fourth-order valence-electron chi connectivity index (χ4n) is 5.85. The molecule has 8 heteroatoms. The van der Waals surface area contributed by atoms with Crippen LogP contribution in [0.1, 0.15) is 87.3 Å². The lowest BCUT2D eigenvalue weighted by atomic mass is 9.86. The molecule has 1 saturated carbocycles. The maximum absolute atomic E-state index is 13.0. The first-order chi connectivity index (χ1) is 15.6. The van der Waals surface area contributed by atoms with Crippen molar-refractivity contribution in [2.24, 2.45) is 5.92 Å². The van der Waals surface area contributed by atoms with E-state index in [1.165, 1.54) is 19.3 Å². The van der Waals surface area contributed by atoms with Crippen molar-refractivity contribution in [3.8, 4) is 0 Å². The summed E-state index contributed by atoms with van der Waals surface area (Å²) in [6.07, 6.45) is 10.2. The number of aromatic nitrogens is 2. The van der Waals surface area contributed by atoms with Crippen molar-refractivity contribution in [3.63, 3.8) is 0 Å². The van der Waals surface area contributed by atoms with E-state index in [1.54, 1.807) is 0 Å². The van der Waals surface area contributed by atoms with Gasteiger partial charge in [-0.3, -0.25) is 14.4 Å². The molecule has 174 valence electrons. The van der Waals surface area contributed by atoms with Gasteiger partial charge in [-0.25, -0.2) is 4.98 Å². The number of rotatable bonds is 4. The van der Waals surface area contributed by atoms with Crippen LogP contribution in [-0.2, 0) is 27.3 Å². The first kappa shape index (κ1) is 21.6. The number of nitrogens with zero attached hydrogens (tertiary/aromatic N) is 3. The zero-order chi connectivity index (χ0) is 22.1. The normalized spacial score (nSPS) is 26.4. The second kappa shape index (κ2) is 9.33. The van der Waals surface area contributed by atoms with Gasteiger partial charge in [0.15, 0.2) is 0 Å². The first-order valence-corrected chi connectivity index (χ1v) is 12.4. The highest BCUT2D eigenvalue weighted by Crippen LogP contribution is 2.32. The Balaban J connectivity index is 1.29. The average Bonchev–Trinajstić information content (AvgIpc) is 3.51. The van der Waals surface area contributed by atoms with Gasteiger partial charge in [-0.1, -0.05) is 19.3 Å². The zero-order valence-corrected chi connectivity index (χ0v) is 18.8. The molecular formula is C24H34N4O4. The molecule has 1 aromatic heterocycles. The zero-order valence-electron chi connectivity index (χ0n) is 18.8. The van der Waals surface area contributed by atoms with Crippen molar-refractivity contribution in [1.82, 2.24) is 19.8 Å². The smallest absolute Gasteiger partial charge is 0.256 e. The molecule has 0 spiro atoms. The highest BCUT2D eigenvalue weighted by atomic mass is 16.5. The predicted octanol–water partition coefficient (Wildman–Crippen LogP) is 2.47. The minimum absolute atomic E-state index is 0.0184. The van der Waals surface area contributed by atoms with E-state index in [1.807, 2.05) is 9.80 Å². The van der Waals surface area contributed by atoms with Crippen molar-refractivity contribution in [2.45, 2.75) is 89.3 Å². The fourth-order valence-corrected chi connectivity index (χ4v) is 5.85. The van der Waals surface area contributed by atoms with Gasteiger partial charge < -0.3 is 19.5 Å². The monoisotopic (exact) mass is 442 g/mol. The number of amides is 2. The Morgan fingerprint density at radius 3 is 2.66 bits per heavy atom. The van der Waals surface area contributed by atoms with Gasteiger partial charge in [-0.05, 0) is 44.4 Å². The topological polar surface area (TPSA) is 95.6 Å². The van der Waals surface area contributed by atoms with Crippen LogP contribution in [0.15, 0.2) is 4.79 Å². The van der Waals surface area contributed by atoms with Gasteiger partial charge in [0.2, 0.25) is 5.91 Å². The molecule has 2 saturated heterocycles. The van der Waals surface area contributed by atoms with Gasteiger partial charge in [0.25, 0.3) is 11.5 Å². The summed E-state index contributed by atoms with van der Waals surface area (Å²) >= 11 is 0. The van der Waals surface area contributed by atoms with Crippen LogP contribution in [0.25, 0.3) is 0 Å². The first-order valence-electron chi connectivity index (χ1n) is 12.4. The number of H-pyrrole nitrogens is 1. The van der Waals surface area contributed by atoms with Crippen LogP contribution in [-0.4, -0.2) is 57.4 Å². The van der Waals surface area contributed by atoms with Crippen LogP contribution < -0.4 is 5.56 Å². The number of hydrogen-bond donors (Lipinski definition) is 1. The number of nitrogens with one attached hydrogen (secondary N) is 1. The molecule has 1 aromatic rings. The van der Waals surface area contributed by atoms with Gasteiger partial charge in [0.1, 0.15) is 11.9 Å². The van der Waals surface area contributed by atoms with Gasteiger partial charge in [0.05, 0.1) is 23.8 Å². The summed E-state index contributed by atoms with van der Waals surface area (Å²) in [7, 11) is 0. The number of carbonyl (C=O) groups is 2. The molecule has 1 N–H and O–H groups in total. The largest absolute Gasteiger partial charge is 0.368 e. The molecule has 0 aromatic carbocycles. The lowest BCUT2D eigenvalue weighted by Crippen LogP contribution is -2.42. The Bertz CT molecular complexity index is 917. The molecule has 3 aliphatic heterocycles. The average molecular weight is 443 g/mol. The van der Waals surface area contributed by atoms with E-state index >= 15 is 0 Å². The van der Waals surface area contributed by atoms with E-state index in [4.69, 9.17) is 9.72 Å². The van der Waals surface area contributed by atoms with Crippen molar-refractivity contribution in [1.29, 1.82) is 0 Å². The number of aromatic amines is 1. The van der Waals surface area contributed by atoms with E-state index in [0.717, 1.165) is 44.2 Å². The van der Waals surface area contributed by atoms with E-state index in [2.05, 4.69) is 4.98 Å². The Hall–Kier alpha value is -2.22. The van der Waals surface area contributed by atoms with Crippen LogP contribution in [0.2, 0.25) is 0 Å². The summed E-state index contributed by atoms with van der Waals surface area (Å²) in [5.74, 6) is 1.26. The van der Waals surface area contributed by atoms with Crippen LogP contribution >= 0.6 is 0 Å². The maximum atomic E-state index is 13.0. The molecule has 0 bridgehead atoms. The van der Waals surface area contributed by atoms with Crippen molar-refractivity contribution >= 4 is 11.8 Å². The molecule has 4 heterocycles. The quantitative estimate of drug-likeness (QED) is 0.773. The summed E-state index contributed by atoms with van der Waals surface area (Å²) in [4.78, 5) is 50.2. The van der Waals surface area contributed by atoms with Gasteiger partial charge in [-0.2, -0.15) is 0 Å². The summed E-state index contributed by atoms with van der Waals surface area (Å²) in [6.45, 7) is 2.26. The van der Waals surface area contributed by atoms with Crippen LogP contribution in [0.4, 0.5) is 0 Å². The number of hydrogen-bond acceptors (Lipinski definition) is 5. The van der Waals surface area contributed by atoms with Gasteiger partial charge >= 0.3 is 0 Å². The Labute approximate surface area is 188 Å². The van der Waals surface area contributed by atoms with Crippen molar-refractivity contribution in [3.05, 3.63) is 27.4 Å².